The number of nitrogens with two attached hydrogens (primary N) is 1. The van der Waals surface area contributed by atoms with Gasteiger partial charge in [-0.25, -0.2) is 0 Å². The third-order valence-corrected chi connectivity index (χ3v) is 3.37. The molecule has 0 spiro atoms. The molecule has 4 nitrogen and oxygen atoms in total. The normalized spacial score (nSPS) is 14.1. The van der Waals surface area contributed by atoms with E-state index in [-0.39, 0.29) is 12.2 Å². The molecule has 0 radical (unpaired) electrons. The van der Waals surface area contributed by atoms with Gasteiger partial charge in [0.15, 0.2) is 0 Å². The van der Waals surface area contributed by atoms with Crippen LogP contribution < -0.4 is 5.73 Å². The molecule has 0 aliphatic rings. The van der Waals surface area contributed by atoms with Gasteiger partial charge in [0.1, 0.15) is 5.78 Å². The van der Waals surface area contributed by atoms with Gasteiger partial charge in [0.05, 0.1) is 6.04 Å². The fourth-order valence-electron chi connectivity index (χ4n) is 2.31. The number of rotatable bonds is 8. The number of hydrogen-bond donors (Lipinski definition) is 3. The maximum atomic E-state index is 12.1. The maximum absolute atomic E-state index is 12.1. The molecule has 0 fully saturated rings. The highest BCUT2D eigenvalue weighted by Gasteiger charge is 2.28. The van der Waals surface area contributed by atoms with E-state index in [2.05, 4.69) is 0 Å². The van der Waals surface area contributed by atoms with Gasteiger partial charge in [0.25, 0.3) is 0 Å². The number of benzene rings is 1. The molecule has 4 N–H and O–H groups in total. The van der Waals surface area contributed by atoms with E-state index < -0.39 is 19.0 Å². The quantitative estimate of drug-likeness (QED) is 0.627. The average Bonchev–Trinajstić information content (AvgIpc) is 2.38. The van der Waals surface area contributed by atoms with E-state index in [1.807, 2.05) is 44.2 Å². The van der Waals surface area contributed by atoms with E-state index in [9.17, 15) is 14.8 Å². The van der Waals surface area contributed by atoms with Crippen LogP contribution in [-0.2, 0) is 11.2 Å². The smallest absolute Gasteiger partial charge is 0.427 e. The van der Waals surface area contributed by atoms with Crippen LogP contribution in [0.15, 0.2) is 30.3 Å². The zero-order valence-electron chi connectivity index (χ0n) is 12.2. The van der Waals surface area contributed by atoms with Gasteiger partial charge in [0, 0.05) is 12.2 Å². The van der Waals surface area contributed by atoms with Crippen molar-refractivity contribution in [2.75, 3.05) is 0 Å². The van der Waals surface area contributed by atoms with Crippen molar-refractivity contribution in [2.45, 2.75) is 45.0 Å². The summed E-state index contributed by atoms with van der Waals surface area (Å²) in [6, 6.07) is 9.00. The zero-order valence-corrected chi connectivity index (χ0v) is 12.2. The molecule has 1 aromatic rings. The molecule has 0 amide bonds. The summed E-state index contributed by atoms with van der Waals surface area (Å²) in [6.45, 7) is 3.98. The van der Waals surface area contributed by atoms with Crippen LogP contribution in [0.25, 0.3) is 0 Å². The number of hydrogen-bond acceptors (Lipinski definition) is 4. The number of ketones is 1. The van der Waals surface area contributed by atoms with Crippen molar-refractivity contribution in [3.63, 3.8) is 0 Å². The van der Waals surface area contributed by atoms with Crippen LogP contribution in [0.3, 0.4) is 0 Å². The highest BCUT2D eigenvalue weighted by Crippen LogP contribution is 2.23. The fraction of sp³-hybridized carbons (Fsp3) is 0.533. The highest BCUT2D eigenvalue weighted by molar-refractivity contribution is 6.43. The second-order valence-electron chi connectivity index (χ2n) is 5.77. The SMILES string of the molecule is CC(C)C[C@H](CC(=O)[C@@H](N)Cc1ccccc1)B(O)O. The zero-order chi connectivity index (χ0) is 15.1. The summed E-state index contributed by atoms with van der Waals surface area (Å²) >= 11 is 0. The second kappa shape index (κ2) is 8.20. The first-order valence-electron chi connectivity index (χ1n) is 7.08. The molecule has 0 saturated heterocycles. The molecule has 0 saturated carbocycles. The Morgan fingerprint density at radius 3 is 2.35 bits per heavy atom. The van der Waals surface area contributed by atoms with E-state index in [0.717, 1.165) is 5.56 Å². The fourth-order valence-corrected chi connectivity index (χ4v) is 2.31. The summed E-state index contributed by atoms with van der Waals surface area (Å²) in [7, 11) is -1.47. The van der Waals surface area contributed by atoms with Crippen LogP contribution in [0, 0.1) is 5.92 Å². The Kier molecular flexibility index (Phi) is 6.92. The number of Topliss-reactive ketones (excluding diaryl/α,β-unsaturated/α-hetero) is 1. The first kappa shape index (κ1) is 16.9. The van der Waals surface area contributed by atoms with Crippen LogP contribution in [0.4, 0.5) is 0 Å². The van der Waals surface area contributed by atoms with Crippen molar-refractivity contribution >= 4 is 12.9 Å². The molecule has 0 aliphatic carbocycles. The van der Waals surface area contributed by atoms with Gasteiger partial charge in [-0.05, 0) is 24.3 Å². The monoisotopic (exact) mass is 277 g/mol. The van der Waals surface area contributed by atoms with Gasteiger partial charge in [-0.1, -0.05) is 44.2 Å². The topological polar surface area (TPSA) is 83.6 Å². The van der Waals surface area contributed by atoms with Gasteiger partial charge < -0.3 is 15.8 Å². The second-order valence-corrected chi connectivity index (χ2v) is 5.77. The number of carbonyl (C=O) groups excluding carboxylic acids is 1. The van der Waals surface area contributed by atoms with Gasteiger partial charge in [0.2, 0.25) is 0 Å². The molecule has 110 valence electrons. The molecule has 0 aliphatic heterocycles. The minimum Gasteiger partial charge on any atom is -0.427 e. The lowest BCUT2D eigenvalue weighted by molar-refractivity contribution is -0.120. The third-order valence-electron chi connectivity index (χ3n) is 3.37. The van der Waals surface area contributed by atoms with Gasteiger partial charge in [-0.15, -0.1) is 0 Å². The maximum Gasteiger partial charge on any atom is 0.455 e. The summed E-state index contributed by atoms with van der Waals surface area (Å²) in [4.78, 5) is 12.1. The van der Waals surface area contributed by atoms with Crippen LogP contribution >= 0.6 is 0 Å². The van der Waals surface area contributed by atoms with Crippen LogP contribution in [-0.4, -0.2) is 29.0 Å². The molecule has 0 unspecified atom stereocenters. The Labute approximate surface area is 121 Å². The van der Waals surface area contributed by atoms with Crippen molar-refractivity contribution < 1.29 is 14.8 Å². The van der Waals surface area contributed by atoms with E-state index >= 15 is 0 Å². The van der Waals surface area contributed by atoms with Crippen LogP contribution in [0.2, 0.25) is 5.82 Å². The summed E-state index contributed by atoms with van der Waals surface area (Å²) in [6.07, 6.45) is 1.20. The number of carbonyl (C=O) groups is 1. The van der Waals surface area contributed by atoms with Crippen molar-refractivity contribution in [2.24, 2.45) is 11.7 Å². The lowest BCUT2D eigenvalue weighted by atomic mass is 9.66. The molecule has 1 rings (SSSR count). The van der Waals surface area contributed by atoms with E-state index in [1.165, 1.54) is 0 Å². The van der Waals surface area contributed by atoms with Crippen LogP contribution in [0.5, 0.6) is 0 Å². The summed E-state index contributed by atoms with van der Waals surface area (Å²) < 4.78 is 0. The summed E-state index contributed by atoms with van der Waals surface area (Å²) in [5, 5.41) is 18.7. The largest absolute Gasteiger partial charge is 0.455 e. The highest BCUT2D eigenvalue weighted by atomic mass is 16.4. The van der Waals surface area contributed by atoms with E-state index in [1.54, 1.807) is 0 Å². The molecule has 5 heteroatoms. The Balaban J connectivity index is 2.55. The minimum absolute atomic E-state index is 0.115. The predicted octanol–water partition coefficient (Wildman–Crippen LogP) is 1.40. The first-order chi connectivity index (χ1) is 9.40. The molecule has 2 atom stereocenters. The van der Waals surface area contributed by atoms with Crippen molar-refractivity contribution in [3.8, 4) is 0 Å². The Bertz CT molecular complexity index is 409. The predicted molar refractivity (Wildman–Crippen MR) is 81.1 cm³/mol. The lowest BCUT2D eigenvalue weighted by Gasteiger charge is -2.19. The molecule has 0 bridgehead atoms. The van der Waals surface area contributed by atoms with Crippen LogP contribution in [0.1, 0.15) is 32.3 Å². The summed E-state index contributed by atoms with van der Waals surface area (Å²) in [5.74, 6) is -0.253. The van der Waals surface area contributed by atoms with Gasteiger partial charge in [-0.2, -0.15) is 0 Å². The molecular weight excluding hydrogens is 253 g/mol. The Hall–Kier alpha value is -1.17. The third kappa shape index (κ3) is 5.86. The average molecular weight is 277 g/mol. The molecule has 20 heavy (non-hydrogen) atoms. The van der Waals surface area contributed by atoms with Gasteiger partial charge in [-0.3, -0.25) is 4.79 Å². The van der Waals surface area contributed by atoms with Gasteiger partial charge >= 0.3 is 7.12 Å². The van der Waals surface area contributed by atoms with Crippen molar-refractivity contribution in [1.82, 2.24) is 0 Å². The molecule has 0 heterocycles. The standard InChI is InChI=1S/C15H24BNO3/c1-11(2)8-13(16(19)20)10-15(18)14(17)9-12-6-4-3-5-7-12/h3-7,11,13-14,19-20H,8-10,17H2,1-2H3/t13-,14+/m1/s1. The van der Waals surface area contributed by atoms with Crippen molar-refractivity contribution in [1.29, 1.82) is 0 Å². The van der Waals surface area contributed by atoms with E-state index in [0.29, 0.717) is 18.8 Å². The molecule has 1 aromatic carbocycles. The Morgan fingerprint density at radius 2 is 1.85 bits per heavy atom. The first-order valence-corrected chi connectivity index (χ1v) is 7.08. The van der Waals surface area contributed by atoms with E-state index in [4.69, 9.17) is 5.73 Å². The molecule has 0 aromatic heterocycles. The minimum atomic E-state index is -1.47. The van der Waals surface area contributed by atoms with Crippen molar-refractivity contribution in [3.05, 3.63) is 35.9 Å². The molecular formula is C15H24BNO3. The summed E-state index contributed by atoms with van der Waals surface area (Å²) in [5.41, 5.74) is 6.93. The Morgan fingerprint density at radius 1 is 1.25 bits per heavy atom. The lowest BCUT2D eigenvalue weighted by Crippen LogP contribution is -2.35.